The van der Waals surface area contributed by atoms with Gasteiger partial charge >= 0.3 is 16.1 Å². The van der Waals surface area contributed by atoms with E-state index in [1.54, 1.807) is 0 Å². The van der Waals surface area contributed by atoms with Crippen molar-refractivity contribution in [2.45, 2.75) is 155 Å². The van der Waals surface area contributed by atoms with Crippen LogP contribution in [0.4, 0.5) is 0 Å². The largest absolute Gasteiger partial charge is 0.346 e. The standard InChI is InChI=1S/C26H52O4S/c1-3-5-7-8-9-10-11-12-13-14-15-16-17-18-19-20-21-22-23-24-26(27)30-31(28,29)25-6-4-2/h3-25H2,1-2H3. The van der Waals surface area contributed by atoms with Gasteiger partial charge in [-0.1, -0.05) is 136 Å². The van der Waals surface area contributed by atoms with E-state index in [0.29, 0.717) is 6.42 Å². The van der Waals surface area contributed by atoms with E-state index >= 15 is 0 Å². The molecule has 0 aliphatic carbocycles. The molecule has 0 heterocycles. The predicted molar refractivity (Wildman–Crippen MR) is 133 cm³/mol. The molecule has 0 aliphatic heterocycles. The molecular weight excluding hydrogens is 408 g/mol. The zero-order valence-corrected chi connectivity index (χ0v) is 21.6. The minimum Gasteiger partial charge on any atom is -0.346 e. The van der Waals surface area contributed by atoms with Crippen LogP contribution in [0.25, 0.3) is 0 Å². The molecule has 0 saturated carbocycles. The fourth-order valence-corrected chi connectivity index (χ4v) is 4.99. The summed E-state index contributed by atoms with van der Waals surface area (Å²) in [7, 11) is -3.67. The molecule has 0 fully saturated rings. The fourth-order valence-electron chi connectivity index (χ4n) is 3.89. The summed E-state index contributed by atoms with van der Waals surface area (Å²) < 4.78 is 27.7. The van der Waals surface area contributed by atoms with Crippen LogP contribution in [0.2, 0.25) is 0 Å². The fraction of sp³-hybridized carbons (Fsp3) is 0.962. The molecule has 0 radical (unpaired) electrons. The van der Waals surface area contributed by atoms with Gasteiger partial charge < -0.3 is 4.18 Å². The molecule has 0 saturated heterocycles. The van der Waals surface area contributed by atoms with Gasteiger partial charge in [0.25, 0.3) is 0 Å². The predicted octanol–water partition coefficient (Wildman–Crippen LogP) is 8.48. The van der Waals surface area contributed by atoms with E-state index in [2.05, 4.69) is 11.1 Å². The Labute approximate surface area is 194 Å². The Morgan fingerprint density at radius 1 is 0.516 bits per heavy atom. The summed E-state index contributed by atoms with van der Waals surface area (Å²) in [6.45, 7) is 4.19. The van der Waals surface area contributed by atoms with Gasteiger partial charge in [-0.05, 0) is 12.8 Å². The van der Waals surface area contributed by atoms with Gasteiger partial charge in [0.05, 0.1) is 5.75 Å². The first-order valence-corrected chi connectivity index (χ1v) is 15.0. The Morgan fingerprint density at radius 2 is 0.839 bits per heavy atom. The van der Waals surface area contributed by atoms with E-state index in [0.717, 1.165) is 25.7 Å². The van der Waals surface area contributed by atoms with Crippen LogP contribution in [0.1, 0.15) is 155 Å². The molecule has 31 heavy (non-hydrogen) atoms. The molecule has 0 unspecified atom stereocenters. The first-order valence-electron chi connectivity index (χ1n) is 13.5. The van der Waals surface area contributed by atoms with Gasteiger partial charge in [0.1, 0.15) is 0 Å². The topological polar surface area (TPSA) is 60.4 Å². The summed E-state index contributed by atoms with van der Waals surface area (Å²) >= 11 is 0. The van der Waals surface area contributed by atoms with Crippen molar-refractivity contribution in [3.05, 3.63) is 0 Å². The van der Waals surface area contributed by atoms with Crippen LogP contribution in [0.15, 0.2) is 0 Å². The van der Waals surface area contributed by atoms with E-state index in [4.69, 9.17) is 0 Å². The molecular formula is C26H52O4S. The molecule has 0 amide bonds. The lowest BCUT2D eigenvalue weighted by atomic mass is 10.0. The van der Waals surface area contributed by atoms with E-state index in [9.17, 15) is 13.2 Å². The second-order valence-electron chi connectivity index (χ2n) is 9.18. The second-order valence-corrected chi connectivity index (χ2v) is 10.9. The minimum atomic E-state index is -3.67. The second kappa shape index (κ2) is 22.6. The smallest absolute Gasteiger partial charge is 0.322 e. The highest BCUT2D eigenvalue weighted by atomic mass is 32.2. The Bertz CT molecular complexity index is 488. The highest BCUT2D eigenvalue weighted by Gasteiger charge is 2.15. The maximum absolute atomic E-state index is 11.6. The molecule has 0 N–H and O–H groups in total. The molecule has 4 nitrogen and oxygen atoms in total. The van der Waals surface area contributed by atoms with E-state index < -0.39 is 16.1 Å². The van der Waals surface area contributed by atoms with Crippen molar-refractivity contribution in [2.75, 3.05) is 5.75 Å². The van der Waals surface area contributed by atoms with Crippen molar-refractivity contribution in [1.29, 1.82) is 0 Å². The Balaban J connectivity index is 3.25. The van der Waals surface area contributed by atoms with Crippen molar-refractivity contribution >= 4 is 16.1 Å². The van der Waals surface area contributed by atoms with Crippen LogP contribution in [-0.2, 0) is 19.1 Å². The van der Waals surface area contributed by atoms with Crippen LogP contribution in [0.5, 0.6) is 0 Å². The SMILES string of the molecule is CCCCCCCCCCCCCCCCCCCCCC(=O)OS(=O)(=O)CCCC. The first kappa shape index (κ1) is 30.4. The summed E-state index contributed by atoms with van der Waals surface area (Å²) in [5.74, 6) is -0.655. The summed E-state index contributed by atoms with van der Waals surface area (Å²) in [5, 5.41) is 0. The summed E-state index contributed by atoms with van der Waals surface area (Å²) in [5.41, 5.74) is 0. The number of hydrogen-bond donors (Lipinski definition) is 0. The van der Waals surface area contributed by atoms with Crippen LogP contribution in [0, 0.1) is 0 Å². The highest BCUT2D eigenvalue weighted by molar-refractivity contribution is 7.87. The maximum Gasteiger partial charge on any atom is 0.322 e. The zero-order valence-electron chi connectivity index (χ0n) is 20.8. The van der Waals surface area contributed by atoms with E-state index in [-0.39, 0.29) is 12.2 Å². The minimum absolute atomic E-state index is 0.0611. The summed E-state index contributed by atoms with van der Waals surface area (Å²) in [6.07, 6.45) is 26.4. The number of hydrogen-bond acceptors (Lipinski definition) is 4. The van der Waals surface area contributed by atoms with Crippen LogP contribution in [0.3, 0.4) is 0 Å². The van der Waals surface area contributed by atoms with Crippen molar-refractivity contribution in [1.82, 2.24) is 0 Å². The molecule has 5 heteroatoms. The molecule has 0 bridgehead atoms. The lowest BCUT2D eigenvalue weighted by Crippen LogP contribution is -2.15. The van der Waals surface area contributed by atoms with Crippen molar-refractivity contribution in [3.8, 4) is 0 Å². The molecule has 0 aliphatic rings. The maximum atomic E-state index is 11.6. The number of carbonyl (C=O) groups is 1. The molecule has 0 spiro atoms. The number of rotatable bonds is 24. The third-order valence-corrected chi connectivity index (χ3v) is 7.18. The molecule has 0 rings (SSSR count). The molecule has 0 aromatic carbocycles. The monoisotopic (exact) mass is 460 g/mol. The third-order valence-electron chi connectivity index (χ3n) is 5.95. The van der Waals surface area contributed by atoms with Gasteiger partial charge in [-0.15, -0.1) is 0 Å². The van der Waals surface area contributed by atoms with E-state index in [1.165, 1.54) is 103 Å². The molecule has 0 atom stereocenters. The molecule has 0 aromatic rings. The molecule has 186 valence electrons. The van der Waals surface area contributed by atoms with Gasteiger partial charge in [-0.3, -0.25) is 4.79 Å². The van der Waals surface area contributed by atoms with Crippen molar-refractivity contribution in [3.63, 3.8) is 0 Å². The molecule has 0 aromatic heterocycles. The summed E-state index contributed by atoms with van der Waals surface area (Å²) in [4.78, 5) is 11.6. The highest BCUT2D eigenvalue weighted by Crippen LogP contribution is 2.15. The summed E-state index contributed by atoms with van der Waals surface area (Å²) in [6, 6.07) is 0. The van der Waals surface area contributed by atoms with Gasteiger partial charge in [0, 0.05) is 6.42 Å². The lowest BCUT2D eigenvalue weighted by Gasteiger charge is -2.05. The van der Waals surface area contributed by atoms with Crippen molar-refractivity contribution < 1.29 is 17.4 Å². The Morgan fingerprint density at radius 3 is 1.19 bits per heavy atom. The van der Waals surface area contributed by atoms with Gasteiger partial charge in [0.15, 0.2) is 0 Å². The normalized spacial score (nSPS) is 11.7. The van der Waals surface area contributed by atoms with Gasteiger partial charge in [-0.2, -0.15) is 8.42 Å². The average Bonchev–Trinajstić information content (AvgIpc) is 2.73. The lowest BCUT2D eigenvalue weighted by molar-refractivity contribution is -0.133. The van der Waals surface area contributed by atoms with Crippen LogP contribution in [-0.4, -0.2) is 20.1 Å². The van der Waals surface area contributed by atoms with Gasteiger partial charge in [-0.25, -0.2) is 0 Å². The van der Waals surface area contributed by atoms with E-state index in [1.807, 2.05) is 6.92 Å². The van der Waals surface area contributed by atoms with Crippen LogP contribution >= 0.6 is 0 Å². The Kier molecular flexibility index (Phi) is 22.2. The number of unbranched alkanes of at least 4 members (excludes halogenated alkanes) is 19. The average molecular weight is 461 g/mol. The quantitative estimate of drug-likeness (QED) is 0.107. The number of carbonyl (C=O) groups excluding carboxylic acids is 1. The van der Waals surface area contributed by atoms with Crippen molar-refractivity contribution in [2.24, 2.45) is 0 Å². The Hall–Kier alpha value is -0.580. The van der Waals surface area contributed by atoms with Gasteiger partial charge in [0.2, 0.25) is 0 Å². The first-order chi connectivity index (χ1) is 15.0. The van der Waals surface area contributed by atoms with Crippen LogP contribution < -0.4 is 0 Å². The zero-order chi connectivity index (χ0) is 23.0. The third kappa shape index (κ3) is 23.9.